The van der Waals surface area contributed by atoms with Gasteiger partial charge in [0.25, 0.3) is 0 Å². The van der Waals surface area contributed by atoms with Gasteiger partial charge in [0, 0.05) is 19.6 Å². The number of aliphatic hydroxyl groups is 1. The fourth-order valence-electron chi connectivity index (χ4n) is 0.909. The Labute approximate surface area is 77.6 Å². The molecule has 13 heavy (non-hydrogen) atoms. The van der Waals surface area contributed by atoms with Crippen molar-refractivity contribution in [2.45, 2.75) is 26.3 Å². The van der Waals surface area contributed by atoms with Gasteiger partial charge >= 0.3 is 0 Å². The number of aromatic nitrogens is 3. The molecule has 0 fully saturated rings. The van der Waals surface area contributed by atoms with Gasteiger partial charge < -0.3 is 5.11 Å². The highest BCUT2D eigenvalue weighted by molar-refractivity contribution is 5.24. The highest BCUT2D eigenvalue weighted by Gasteiger charge is 1.95. The highest BCUT2D eigenvalue weighted by Crippen LogP contribution is 1.93. The summed E-state index contributed by atoms with van der Waals surface area (Å²) in [5.74, 6) is 5.91. The molecule has 0 spiro atoms. The molecule has 4 nitrogen and oxygen atoms in total. The summed E-state index contributed by atoms with van der Waals surface area (Å²) in [6.07, 6.45) is 3.08. The maximum atomic E-state index is 8.53. The number of unbranched alkanes of at least 4 members (excludes halogenated alkanes) is 1. The molecule has 0 unspecified atom stereocenters. The average Bonchev–Trinajstić information content (AvgIpc) is 2.60. The van der Waals surface area contributed by atoms with Crippen molar-refractivity contribution >= 4 is 0 Å². The van der Waals surface area contributed by atoms with E-state index in [1.54, 1.807) is 10.9 Å². The van der Waals surface area contributed by atoms with Crippen LogP contribution in [0.2, 0.25) is 0 Å². The van der Waals surface area contributed by atoms with Crippen LogP contribution in [0.1, 0.15) is 25.5 Å². The minimum absolute atomic E-state index is 0.194. The molecule has 4 heteroatoms. The summed E-state index contributed by atoms with van der Waals surface area (Å²) in [6.45, 7) is 2.97. The third-order valence-electron chi connectivity index (χ3n) is 1.59. The normalized spacial score (nSPS) is 9.38. The van der Waals surface area contributed by atoms with Crippen molar-refractivity contribution in [2.75, 3.05) is 6.61 Å². The van der Waals surface area contributed by atoms with Crippen LogP contribution in [0.4, 0.5) is 0 Å². The first kappa shape index (κ1) is 9.75. The van der Waals surface area contributed by atoms with E-state index in [9.17, 15) is 0 Å². The maximum Gasteiger partial charge on any atom is 0.131 e. The third-order valence-corrected chi connectivity index (χ3v) is 1.59. The van der Waals surface area contributed by atoms with Gasteiger partial charge in [-0.1, -0.05) is 11.1 Å². The number of nitrogens with zero attached hydrogens (tertiary/aromatic N) is 3. The van der Waals surface area contributed by atoms with Gasteiger partial charge in [-0.05, 0) is 19.3 Å². The van der Waals surface area contributed by atoms with Crippen molar-refractivity contribution < 1.29 is 5.11 Å². The summed E-state index contributed by atoms with van der Waals surface area (Å²) in [6, 6.07) is 0. The van der Waals surface area contributed by atoms with Crippen molar-refractivity contribution in [1.29, 1.82) is 0 Å². The molecule has 1 rings (SSSR count). The topological polar surface area (TPSA) is 50.9 Å². The molecule has 0 aliphatic carbocycles. The Morgan fingerprint density at radius 3 is 3.15 bits per heavy atom. The van der Waals surface area contributed by atoms with E-state index in [1.165, 1.54) is 0 Å². The molecule has 0 aliphatic heterocycles. The molecule has 1 N–H and O–H groups in total. The Bertz CT molecular complexity index is 308. The lowest BCUT2D eigenvalue weighted by Gasteiger charge is -1.93. The first-order valence-corrected chi connectivity index (χ1v) is 4.36. The van der Waals surface area contributed by atoms with Crippen LogP contribution in [0.15, 0.2) is 6.20 Å². The summed E-state index contributed by atoms with van der Waals surface area (Å²) >= 11 is 0. The van der Waals surface area contributed by atoms with E-state index in [0.29, 0.717) is 6.42 Å². The lowest BCUT2D eigenvalue weighted by molar-refractivity contribution is 0.290. The number of hydrogen-bond acceptors (Lipinski definition) is 3. The first-order valence-electron chi connectivity index (χ1n) is 4.36. The molecule has 0 saturated carbocycles. The van der Waals surface area contributed by atoms with Gasteiger partial charge in [-0.3, -0.25) is 0 Å². The van der Waals surface area contributed by atoms with Crippen molar-refractivity contribution in [3.8, 4) is 11.8 Å². The fourth-order valence-corrected chi connectivity index (χ4v) is 0.909. The van der Waals surface area contributed by atoms with Crippen molar-refractivity contribution in [3.05, 3.63) is 11.9 Å². The van der Waals surface area contributed by atoms with Gasteiger partial charge in [-0.15, -0.1) is 5.10 Å². The first-order chi connectivity index (χ1) is 6.38. The number of rotatable bonds is 3. The third kappa shape index (κ3) is 2.88. The second-order valence-electron chi connectivity index (χ2n) is 2.56. The number of hydrogen-bond donors (Lipinski definition) is 1. The molecular weight excluding hydrogens is 166 g/mol. The van der Waals surface area contributed by atoms with Crippen LogP contribution in [0, 0.1) is 11.8 Å². The Hall–Kier alpha value is -1.34. The lowest BCUT2D eigenvalue weighted by Crippen LogP contribution is -1.99. The highest BCUT2D eigenvalue weighted by atomic mass is 16.2. The van der Waals surface area contributed by atoms with Crippen molar-refractivity contribution in [2.24, 2.45) is 0 Å². The van der Waals surface area contributed by atoms with E-state index in [0.717, 1.165) is 18.7 Å². The fraction of sp³-hybridized carbons (Fsp3) is 0.556. The monoisotopic (exact) mass is 179 g/mol. The van der Waals surface area contributed by atoms with Gasteiger partial charge in [0.15, 0.2) is 0 Å². The molecule has 0 saturated heterocycles. The Morgan fingerprint density at radius 1 is 1.62 bits per heavy atom. The SMILES string of the molecule is CCn1nncc1C#CCCCO. The molecule has 0 radical (unpaired) electrons. The van der Waals surface area contributed by atoms with Gasteiger partial charge in [0.1, 0.15) is 5.69 Å². The summed E-state index contributed by atoms with van der Waals surface area (Å²) in [5, 5.41) is 16.1. The molecule has 0 amide bonds. The van der Waals surface area contributed by atoms with Crippen LogP contribution < -0.4 is 0 Å². The second kappa shape index (κ2) is 5.33. The molecule has 0 bridgehead atoms. The van der Waals surface area contributed by atoms with Gasteiger partial charge in [-0.25, -0.2) is 4.68 Å². The summed E-state index contributed by atoms with van der Waals surface area (Å²) in [7, 11) is 0. The minimum atomic E-state index is 0.194. The Balaban J connectivity index is 2.55. The molecule has 70 valence electrons. The zero-order chi connectivity index (χ0) is 9.52. The summed E-state index contributed by atoms with van der Waals surface area (Å²) in [4.78, 5) is 0. The predicted octanol–water partition coefficient (Wildman–Crippen LogP) is 0.422. The lowest BCUT2D eigenvalue weighted by atomic mass is 10.3. The molecule has 1 heterocycles. The van der Waals surface area contributed by atoms with E-state index in [4.69, 9.17) is 5.11 Å². The molecular formula is C9H13N3O. The van der Waals surface area contributed by atoms with Crippen LogP contribution in [0.5, 0.6) is 0 Å². The van der Waals surface area contributed by atoms with Crippen LogP contribution in [-0.4, -0.2) is 26.7 Å². The molecule has 1 aromatic heterocycles. The quantitative estimate of drug-likeness (QED) is 0.540. The van der Waals surface area contributed by atoms with E-state index in [1.807, 2.05) is 6.92 Å². The van der Waals surface area contributed by atoms with E-state index >= 15 is 0 Å². The zero-order valence-electron chi connectivity index (χ0n) is 7.69. The number of aryl methyl sites for hydroxylation is 1. The van der Waals surface area contributed by atoms with Crippen LogP contribution in [0.25, 0.3) is 0 Å². The summed E-state index contributed by atoms with van der Waals surface area (Å²) < 4.78 is 1.74. The molecule has 0 aromatic carbocycles. The van der Waals surface area contributed by atoms with E-state index in [2.05, 4.69) is 22.2 Å². The summed E-state index contributed by atoms with van der Waals surface area (Å²) in [5.41, 5.74) is 0.834. The van der Waals surface area contributed by atoms with Crippen LogP contribution >= 0.6 is 0 Å². The van der Waals surface area contributed by atoms with E-state index < -0.39 is 0 Å². The maximum absolute atomic E-state index is 8.53. The van der Waals surface area contributed by atoms with Crippen LogP contribution in [-0.2, 0) is 6.54 Å². The van der Waals surface area contributed by atoms with Gasteiger partial charge in [0.05, 0.1) is 6.20 Å². The predicted molar refractivity (Wildman–Crippen MR) is 48.9 cm³/mol. The Kier molecular flexibility index (Phi) is 4.00. The minimum Gasteiger partial charge on any atom is -0.396 e. The zero-order valence-corrected chi connectivity index (χ0v) is 7.69. The average molecular weight is 179 g/mol. The molecule has 0 atom stereocenters. The molecule has 0 aliphatic rings. The van der Waals surface area contributed by atoms with Crippen molar-refractivity contribution in [1.82, 2.24) is 15.0 Å². The Morgan fingerprint density at radius 2 is 2.46 bits per heavy atom. The standard InChI is InChI=1S/C9H13N3O/c1-2-12-9(8-10-11-12)6-4-3-5-7-13/h8,13H,2-3,5,7H2,1H3. The smallest absolute Gasteiger partial charge is 0.131 e. The van der Waals surface area contributed by atoms with Gasteiger partial charge in [0.2, 0.25) is 0 Å². The largest absolute Gasteiger partial charge is 0.396 e. The van der Waals surface area contributed by atoms with Gasteiger partial charge in [-0.2, -0.15) is 0 Å². The van der Waals surface area contributed by atoms with Crippen molar-refractivity contribution in [3.63, 3.8) is 0 Å². The number of aliphatic hydroxyl groups excluding tert-OH is 1. The van der Waals surface area contributed by atoms with Crippen LogP contribution in [0.3, 0.4) is 0 Å². The van der Waals surface area contributed by atoms with E-state index in [-0.39, 0.29) is 6.61 Å². The second-order valence-corrected chi connectivity index (χ2v) is 2.56. The molecule has 1 aromatic rings.